The molecule has 0 aliphatic heterocycles. The lowest BCUT2D eigenvalue weighted by Crippen LogP contribution is -2.42. The smallest absolute Gasteiger partial charge is 0.254 e. The van der Waals surface area contributed by atoms with Crippen molar-refractivity contribution in [3.8, 4) is 0 Å². The van der Waals surface area contributed by atoms with Crippen LogP contribution in [-0.2, 0) is 0 Å². The summed E-state index contributed by atoms with van der Waals surface area (Å²) in [6, 6.07) is 0. The van der Waals surface area contributed by atoms with Gasteiger partial charge in [-0.3, -0.25) is 4.79 Å². The quantitative estimate of drug-likeness (QED) is 0.559. The average Bonchev–Trinajstić information content (AvgIpc) is 2.42. The lowest BCUT2D eigenvalue weighted by atomic mass is 9.94. The van der Waals surface area contributed by atoms with E-state index in [1.54, 1.807) is 6.92 Å². The summed E-state index contributed by atoms with van der Waals surface area (Å²) in [5.74, 6) is -0.231. The number of nitrogens with two attached hydrogens (primary N) is 1. The third-order valence-corrected chi connectivity index (χ3v) is 3.28. The molecule has 0 saturated carbocycles. The first-order valence-corrected chi connectivity index (χ1v) is 6.62. The molecule has 0 aliphatic rings. The van der Waals surface area contributed by atoms with Crippen molar-refractivity contribution in [3.05, 3.63) is 17.5 Å². The molecule has 0 aliphatic carbocycles. The van der Waals surface area contributed by atoms with Crippen molar-refractivity contribution in [2.24, 2.45) is 0 Å². The van der Waals surface area contributed by atoms with Gasteiger partial charge in [0.1, 0.15) is 0 Å². The van der Waals surface area contributed by atoms with E-state index < -0.39 is 5.60 Å². The Morgan fingerprint density at radius 1 is 1.55 bits per heavy atom. The Bertz CT molecular complexity index is 467. The highest BCUT2D eigenvalue weighted by Crippen LogP contribution is 2.16. The fourth-order valence-corrected chi connectivity index (χ4v) is 1.85. The SMILES string of the molecule is CC[C@](O)(CCCO)CNC(=O)c1cnc(N)nc1C. The number of aromatic nitrogens is 2. The number of aliphatic hydroxyl groups is 2. The molecule has 1 aromatic heterocycles. The molecule has 20 heavy (non-hydrogen) atoms. The van der Waals surface area contributed by atoms with Crippen LogP contribution < -0.4 is 11.1 Å². The predicted octanol–water partition coefficient (Wildman–Crippen LogP) is 0.0106. The van der Waals surface area contributed by atoms with Gasteiger partial charge in [0, 0.05) is 19.3 Å². The number of aryl methyl sites for hydroxylation is 1. The van der Waals surface area contributed by atoms with Gasteiger partial charge in [0.15, 0.2) is 0 Å². The molecule has 0 unspecified atom stereocenters. The Balaban J connectivity index is 2.66. The van der Waals surface area contributed by atoms with E-state index in [0.29, 0.717) is 30.5 Å². The van der Waals surface area contributed by atoms with Gasteiger partial charge in [0.2, 0.25) is 5.95 Å². The second kappa shape index (κ2) is 7.16. The van der Waals surface area contributed by atoms with Crippen molar-refractivity contribution >= 4 is 11.9 Å². The van der Waals surface area contributed by atoms with Gasteiger partial charge in [-0.05, 0) is 26.2 Å². The zero-order chi connectivity index (χ0) is 15.2. The molecule has 0 spiro atoms. The lowest BCUT2D eigenvalue weighted by molar-refractivity contribution is 0.0212. The molecule has 5 N–H and O–H groups in total. The van der Waals surface area contributed by atoms with Crippen LogP contribution in [0.25, 0.3) is 0 Å². The van der Waals surface area contributed by atoms with Crippen LogP contribution in [0.3, 0.4) is 0 Å². The van der Waals surface area contributed by atoms with Crippen LogP contribution in [0.1, 0.15) is 42.2 Å². The highest BCUT2D eigenvalue weighted by atomic mass is 16.3. The van der Waals surface area contributed by atoms with E-state index in [0.717, 1.165) is 0 Å². The predicted molar refractivity (Wildman–Crippen MR) is 75.1 cm³/mol. The number of carbonyl (C=O) groups excluding carboxylic acids is 1. The largest absolute Gasteiger partial charge is 0.396 e. The number of carbonyl (C=O) groups is 1. The molecule has 1 atom stereocenters. The number of anilines is 1. The summed E-state index contributed by atoms with van der Waals surface area (Å²) in [6.07, 6.45) is 2.78. The van der Waals surface area contributed by atoms with E-state index in [9.17, 15) is 9.90 Å². The highest BCUT2D eigenvalue weighted by Gasteiger charge is 2.25. The maximum Gasteiger partial charge on any atom is 0.254 e. The summed E-state index contributed by atoms with van der Waals surface area (Å²) in [5.41, 5.74) is 5.24. The first-order valence-electron chi connectivity index (χ1n) is 6.62. The number of nitrogens with one attached hydrogen (secondary N) is 1. The fraction of sp³-hybridized carbons (Fsp3) is 0.615. The van der Waals surface area contributed by atoms with Gasteiger partial charge >= 0.3 is 0 Å². The fourth-order valence-electron chi connectivity index (χ4n) is 1.85. The molecule has 1 rings (SSSR count). The van der Waals surface area contributed by atoms with E-state index >= 15 is 0 Å². The van der Waals surface area contributed by atoms with E-state index in [4.69, 9.17) is 10.8 Å². The molecule has 7 heteroatoms. The monoisotopic (exact) mass is 282 g/mol. The van der Waals surface area contributed by atoms with Gasteiger partial charge in [-0.2, -0.15) is 0 Å². The molecule has 112 valence electrons. The second-order valence-electron chi connectivity index (χ2n) is 4.82. The third kappa shape index (κ3) is 4.43. The topological polar surface area (TPSA) is 121 Å². The number of hydrogen-bond donors (Lipinski definition) is 4. The molecule has 1 amide bonds. The number of rotatable bonds is 7. The van der Waals surface area contributed by atoms with Crippen LogP contribution in [0.5, 0.6) is 0 Å². The van der Waals surface area contributed by atoms with Gasteiger partial charge in [0.05, 0.1) is 16.9 Å². The molecule has 0 aromatic carbocycles. The molecule has 0 fully saturated rings. The summed E-state index contributed by atoms with van der Waals surface area (Å²) in [4.78, 5) is 19.7. The number of amides is 1. The summed E-state index contributed by atoms with van der Waals surface area (Å²) < 4.78 is 0. The van der Waals surface area contributed by atoms with Crippen molar-refractivity contribution in [2.75, 3.05) is 18.9 Å². The van der Waals surface area contributed by atoms with Gasteiger partial charge in [-0.1, -0.05) is 6.92 Å². The van der Waals surface area contributed by atoms with E-state index in [1.807, 2.05) is 6.92 Å². The van der Waals surface area contributed by atoms with Crippen molar-refractivity contribution in [1.29, 1.82) is 0 Å². The zero-order valence-electron chi connectivity index (χ0n) is 11.9. The van der Waals surface area contributed by atoms with Crippen LogP contribution >= 0.6 is 0 Å². The Morgan fingerprint density at radius 2 is 2.25 bits per heavy atom. The maximum absolute atomic E-state index is 12.0. The highest BCUT2D eigenvalue weighted by molar-refractivity contribution is 5.95. The number of nitrogens with zero attached hydrogens (tertiary/aromatic N) is 2. The zero-order valence-corrected chi connectivity index (χ0v) is 11.9. The number of aliphatic hydroxyl groups excluding tert-OH is 1. The Labute approximate surface area is 118 Å². The summed E-state index contributed by atoms with van der Waals surface area (Å²) in [7, 11) is 0. The molecule has 1 aromatic rings. The van der Waals surface area contributed by atoms with Crippen molar-refractivity contribution in [3.63, 3.8) is 0 Å². The summed E-state index contributed by atoms with van der Waals surface area (Å²) in [6.45, 7) is 3.64. The molecule has 0 radical (unpaired) electrons. The molecular formula is C13H22N4O3. The van der Waals surface area contributed by atoms with Gasteiger partial charge < -0.3 is 21.3 Å². The first kappa shape index (κ1) is 16.3. The normalized spacial score (nSPS) is 13.8. The molecule has 1 heterocycles. The van der Waals surface area contributed by atoms with Gasteiger partial charge in [0.25, 0.3) is 5.91 Å². The lowest BCUT2D eigenvalue weighted by Gasteiger charge is -2.26. The number of nitrogen functional groups attached to an aromatic ring is 1. The Morgan fingerprint density at radius 3 is 2.80 bits per heavy atom. The van der Waals surface area contributed by atoms with Gasteiger partial charge in [-0.25, -0.2) is 9.97 Å². The maximum atomic E-state index is 12.0. The molecule has 0 saturated heterocycles. The molecule has 0 bridgehead atoms. The Kier molecular flexibility index (Phi) is 5.84. The minimum atomic E-state index is -1.01. The first-order chi connectivity index (χ1) is 9.41. The van der Waals surface area contributed by atoms with E-state index in [-0.39, 0.29) is 25.0 Å². The van der Waals surface area contributed by atoms with Crippen LogP contribution in [0.15, 0.2) is 6.20 Å². The van der Waals surface area contributed by atoms with E-state index in [2.05, 4.69) is 15.3 Å². The van der Waals surface area contributed by atoms with E-state index in [1.165, 1.54) is 6.20 Å². The summed E-state index contributed by atoms with van der Waals surface area (Å²) >= 11 is 0. The molecule has 7 nitrogen and oxygen atoms in total. The Hall–Kier alpha value is -1.73. The van der Waals surface area contributed by atoms with Crippen molar-refractivity contribution in [1.82, 2.24) is 15.3 Å². The van der Waals surface area contributed by atoms with Crippen LogP contribution in [0, 0.1) is 6.92 Å². The standard InChI is InChI=1S/C13H22N4O3/c1-3-13(20,5-4-6-18)8-16-11(19)10-7-15-12(14)17-9(10)2/h7,18,20H,3-6,8H2,1-2H3,(H,16,19)(H2,14,15,17)/t13-/m0/s1. The van der Waals surface area contributed by atoms with Crippen LogP contribution in [0.4, 0.5) is 5.95 Å². The minimum Gasteiger partial charge on any atom is -0.396 e. The summed E-state index contributed by atoms with van der Waals surface area (Å²) in [5, 5.41) is 21.8. The van der Waals surface area contributed by atoms with Crippen LogP contribution in [-0.4, -0.2) is 44.8 Å². The average molecular weight is 282 g/mol. The third-order valence-electron chi connectivity index (χ3n) is 3.28. The molecular weight excluding hydrogens is 260 g/mol. The van der Waals surface area contributed by atoms with Crippen molar-refractivity contribution < 1.29 is 15.0 Å². The minimum absolute atomic E-state index is 0.0150. The second-order valence-corrected chi connectivity index (χ2v) is 4.82. The van der Waals surface area contributed by atoms with Gasteiger partial charge in [-0.15, -0.1) is 0 Å². The van der Waals surface area contributed by atoms with Crippen LogP contribution in [0.2, 0.25) is 0 Å². The van der Waals surface area contributed by atoms with Crippen molar-refractivity contribution in [2.45, 2.75) is 38.7 Å². The number of hydrogen-bond acceptors (Lipinski definition) is 6.